The maximum Gasteiger partial charge on any atom is 0.338 e. The summed E-state index contributed by atoms with van der Waals surface area (Å²) in [5.41, 5.74) is 0.364. The highest BCUT2D eigenvalue weighted by molar-refractivity contribution is 7.18. The molecule has 0 radical (unpaired) electrons. The van der Waals surface area contributed by atoms with Crippen LogP contribution in [0.4, 0.5) is 0 Å². The predicted octanol–water partition coefficient (Wildman–Crippen LogP) is 1.41. The number of hydrogen-bond acceptors (Lipinski definition) is 3. The van der Waals surface area contributed by atoms with Crippen molar-refractivity contribution in [1.82, 2.24) is 0 Å². The third-order valence-corrected chi connectivity index (χ3v) is 1.42. The summed E-state index contributed by atoms with van der Waals surface area (Å²) >= 11 is 0. The minimum Gasteiger partial charge on any atom is -0.413 e. The van der Waals surface area contributed by atoms with Gasteiger partial charge in [0.2, 0.25) is 8.69 Å². The first-order valence-electron chi connectivity index (χ1n) is 2.93. The van der Waals surface area contributed by atoms with E-state index in [9.17, 15) is 9.36 Å². The van der Waals surface area contributed by atoms with Crippen molar-refractivity contribution in [3.8, 4) is 0 Å². The van der Waals surface area contributed by atoms with Crippen LogP contribution in [0.3, 0.4) is 0 Å². The van der Waals surface area contributed by atoms with Crippen LogP contribution in [0.5, 0.6) is 0 Å². The molecule has 0 saturated heterocycles. The van der Waals surface area contributed by atoms with Gasteiger partial charge in [-0.1, -0.05) is 20.4 Å². The standard InChI is InChI=1S/C6H11O3P/c1-4(2)5(3)6(7)9-10-8/h4H,3,10H2,1-2H3. The summed E-state index contributed by atoms with van der Waals surface area (Å²) in [5.74, 6) is -0.501. The van der Waals surface area contributed by atoms with Crippen LogP contribution in [0, 0.1) is 5.92 Å². The molecule has 10 heavy (non-hydrogen) atoms. The molecule has 0 spiro atoms. The van der Waals surface area contributed by atoms with Gasteiger partial charge in [-0.3, -0.25) is 4.57 Å². The monoisotopic (exact) mass is 162 g/mol. The third kappa shape index (κ3) is 2.83. The van der Waals surface area contributed by atoms with E-state index in [0.717, 1.165) is 0 Å². The molecular formula is C6H11O3P. The van der Waals surface area contributed by atoms with E-state index in [2.05, 4.69) is 11.1 Å². The minimum atomic E-state index is -1.45. The summed E-state index contributed by atoms with van der Waals surface area (Å²) in [6, 6.07) is 0. The lowest BCUT2D eigenvalue weighted by atomic mass is 10.1. The van der Waals surface area contributed by atoms with Crippen LogP contribution in [0.1, 0.15) is 13.8 Å². The van der Waals surface area contributed by atoms with E-state index in [1.54, 1.807) is 0 Å². The molecule has 0 aliphatic rings. The first-order chi connectivity index (χ1) is 4.59. The first kappa shape index (κ1) is 9.44. The quantitative estimate of drug-likeness (QED) is 0.465. The van der Waals surface area contributed by atoms with Gasteiger partial charge in [-0.15, -0.1) is 0 Å². The SMILES string of the molecule is C=C(C(=O)O[PH2]=O)C(C)C. The van der Waals surface area contributed by atoms with Crippen LogP contribution < -0.4 is 0 Å². The molecule has 0 aromatic carbocycles. The fourth-order valence-electron chi connectivity index (χ4n) is 0.355. The summed E-state index contributed by atoms with van der Waals surface area (Å²) in [4.78, 5) is 10.7. The Morgan fingerprint density at radius 3 is 2.40 bits per heavy atom. The summed E-state index contributed by atoms with van der Waals surface area (Å²) in [5, 5.41) is 0. The molecule has 0 N–H and O–H groups in total. The maximum absolute atomic E-state index is 10.7. The Bertz CT molecular complexity index is 162. The molecule has 0 rings (SSSR count). The van der Waals surface area contributed by atoms with Gasteiger partial charge in [-0.25, -0.2) is 4.79 Å². The second-order valence-corrected chi connectivity index (χ2v) is 2.61. The highest BCUT2D eigenvalue weighted by atomic mass is 31.1. The fraction of sp³-hybridized carbons (Fsp3) is 0.500. The molecule has 3 nitrogen and oxygen atoms in total. The molecule has 1 unspecified atom stereocenters. The van der Waals surface area contributed by atoms with E-state index in [4.69, 9.17) is 0 Å². The van der Waals surface area contributed by atoms with Crippen molar-refractivity contribution >= 4 is 14.7 Å². The average Bonchev–Trinajstić information content (AvgIpc) is 1.87. The van der Waals surface area contributed by atoms with Gasteiger partial charge in [-0.2, -0.15) is 0 Å². The van der Waals surface area contributed by atoms with E-state index in [1.165, 1.54) is 0 Å². The first-order valence-corrected chi connectivity index (χ1v) is 3.87. The molecule has 0 aromatic rings. The van der Waals surface area contributed by atoms with Gasteiger partial charge < -0.3 is 4.52 Å². The molecule has 0 heterocycles. The molecule has 0 aliphatic heterocycles. The van der Waals surface area contributed by atoms with Crippen LogP contribution >= 0.6 is 8.69 Å². The Balaban J connectivity index is 3.95. The normalized spacial score (nSPS) is 10.7. The van der Waals surface area contributed by atoms with Crippen molar-refractivity contribution in [2.24, 2.45) is 5.92 Å². The number of carbonyl (C=O) groups is 1. The molecule has 0 saturated carbocycles. The van der Waals surface area contributed by atoms with Crippen molar-refractivity contribution in [1.29, 1.82) is 0 Å². The number of rotatable bonds is 3. The smallest absolute Gasteiger partial charge is 0.338 e. The van der Waals surface area contributed by atoms with Crippen LogP contribution in [0.15, 0.2) is 12.2 Å². The van der Waals surface area contributed by atoms with Crippen LogP contribution in [-0.2, 0) is 13.9 Å². The number of hydrogen-bond donors (Lipinski definition) is 0. The van der Waals surface area contributed by atoms with Crippen molar-refractivity contribution in [2.75, 3.05) is 0 Å². The predicted molar refractivity (Wildman–Crippen MR) is 40.5 cm³/mol. The van der Waals surface area contributed by atoms with Gasteiger partial charge in [0.05, 0.1) is 0 Å². The van der Waals surface area contributed by atoms with E-state index >= 15 is 0 Å². The third-order valence-electron chi connectivity index (χ3n) is 1.11. The molecule has 0 bridgehead atoms. The fourth-order valence-corrected chi connectivity index (χ4v) is 0.594. The maximum atomic E-state index is 10.7. The zero-order chi connectivity index (χ0) is 8.15. The van der Waals surface area contributed by atoms with E-state index in [1.807, 2.05) is 13.8 Å². The zero-order valence-electron chi connectivity index (χ0n) is 6.09. The van der Waals surface area contributed by atoms with Crippen molar-refractivity contribution in [3.63, 3.8) is 0 Å². The topological polar surface area (TPSA) is 43.4 Å². The molecule has 58 valence electrons. The van der Waals surface area contributed by atoms with Gasteiger partial charge in [0, 0.05) is 5.57 Å². The van der Waals surface area contributed by atoms with Crippen molar-refractivity contribution < 1.29 is 13.9 Å². The van der Waals surface area contributed by atoms with Gasteiger partial charge in [-0.05, 0) is 5.92 Å². The van der Waals surface area contributed by atoms with Gasteiger partial charge in [0.25, 0.3) is 0 Å². The van der Waals surface area contributed by atoms with Crippen LogP contribution in [0.25, 0.3) is 0 Å². The largest absolute Gasteiger partial charge is 0.413 e. The second-order valence-electron chi connectivity index (χ2n) is 2.18. The summed E-state index contributed by atoms with van der Waals surface area (Å²) in [6.07, 6.45) is 0. The summed E-state index contributed by atoms with van der Waals surface area (Å²) < 4.78 is 14.1. The van der Waals surface area contributed by atoms with Gasteiger partial charge in [0.15, 0.2) is 0 Å². The molecule has 0 aromatic heterocycles. The molecule has 0 fully saturated rings. The highest BCUT2D eigenvalue weighted by Gasteiger charge is 2.10. The Morgan fingerprint density at radius 1 is 1.60 bits per heavy atom. The van der Waals surface area contributed by atoms with Gasteiger partial charge >= 0.3 is 5.97 Å². The van der Waals surface area contributed by atoms with Gasteiger partial charge in [0.1, 0.15) is 0 Å². The van der Waals surface area contributed by atoms with Crippen molar-refractivity contribution in [2.45, 2.75) is 13.8 Å². The van der Waals surface area contributed by atoms with Crippen molar-refractivity contribution in [3.05, 3.63) is 12.2 Å². The Labute approximate surface area is 61.4 Å². The molecular weight excluding hydrogens is 151 g/mol. The Morgan fingerprint density at radius 2 is 2.10 bits per heavy atom. The van der Waals surface area contributed by atoms with Crippen LogP contribution in [0.2, 0.25) is 0 Å². The number of carbonyl (C=O) groups excluding carboxylic acids is 1. The summed E-state index contributed by atoms with van der Waals surface area (Å²) in [7, 11) is -1.45. The van der Waals surface area contributed by atoms with E-state index in [0.29, 0.717) is 5.57 Å². The molecule has 1 atom stereocenters. The van der Waals surface area contributed by atoms with Crippen LogP contribution in [-0.4, -0.2) is 5.97 Å². The molecule has 0 aliphatic carbocycles. The highest BCUT2D eigenvalue weighted by Crippen LogP contribution is 2.11. The van der Waals surface area contributed by atoms with E-state index < -0.39 is 14.7 Å². The lowest BCUT2D eigenvalue weighted by molar-refractivity contribution is -0.129. The Hall–Kier alpha value is -0.560. The molecule has 4 heteroatoms. The zero-order valence-corrected chi connectivity index (χ0v) is 7.24. The molecule has 0 amide bonds. The summed E-state index contributed by atoms with van der Waals surface area (Å²) in [6.45, 7) is 7.12. The lowest BCUT2D eigenvalue weighted by Crippen LogP contribution is -2.06. The second kappa shape index (κ2) is 4.29. The lowest BCUT2D eigenvalue weighted by Gasteiger charge is -2.04. The average molecular weight is 162 g/mol. The Kier molecular flexibility index (Phi) is 4.05. The minimum absolute atomic E-state index is 0.0541. The van der Waals surface area contributed by atoms with E-state index in [-0.39, 0.29) is 5.92 Å².